The molecule has 0 aromatic carbocycles. The van der Waals surface area contributed by atoms with Gasteiger partial charge in [-0.05, 0) is 12.8 Å². The fraction of sp³-hybridized carbons (Fsp3) is 0.714. The Hall–Kier alpha value is -1.46. The van der Waals surface area contributed by atoms with Crippen molar-refractivity contribution in [3.05, 3.63) is 17.3 Å². The number of nitrogens with zero attached hydrogens (tertiary/aromatic N) is 1. The van der Waals surface area contributed by atoms with Crippen molar-refractivity contribution >= 4 is 5.97 Å². The Morgan fingerprint density at radius 3 is 2.30 bits per heavy atom. The third-order valence-corrected chi connectivity index (χ3v) is 3.61. The minimum absolute atomic E-state index is 0.176. The van der Waals surface area contributed by atoms with Gasteiger partial charge in [0.1, 0.15) is 0 Å². The maximum absolute atomic E-state index is 13.2. The van der Waals surface area contributed by atoms with E-state index in [4.69, 9.17) is 4.42 Å². The summed E-state index contributed by atoms with van der Waals surface area (Å²) in [6, 6.07) is 0. The van der Waals surface area contributed by atoms with Crippen LogP contribution in [0.4, 0.5) is 8.78 Å². The quantitative estimate of drug-likeness (QED) is 0.894. The highest BCUT2D eigenvalue weighted by Gasteiger charge is 2.38. The molecule has 4 nitrogen and oxygen atoms in total. The van der Waals surface area contributed by atoms with Gasteiger partial charge in [-0.2, -0.15) is 0 Å². The molecule has 0 bridgehead atoms. The summed E-state index contributed by atoms with van der Waals surface area (Å²) < 4.78 is 31.7. The lowest BCUT2D eigenvalue weighted by Gasteiger charge is -2.26. The molecule has 20 heavy (non-hydrogen) atoms. The van der Waals surface area contributed by atoms with E-state index in [0.29, 0.717) is 5.69 Å². The molecule has 0 saturated heterocycles. The Bertz CT molecular complexity index is 507. The molecule has 0 atom stereocenters. The van der Waals surface area contributed by atoms with Crippen LogP contribution in [-0.4, -0.2) is 22.0 Å². The van der Waals surface area contributed by atoms with Gasteiger partial charge in [0.05, 0.1) is 5.69 Å². The topological polar surface area (TPSA) is 63.3 Å². The molecule has 0 amide bonds. The molecule has 0 aliphatic heterocycles. The summed E-state index contributed by atoms with van der Waals surface area (Å²) in [6.45, 7) is 5.53. The highest BCUT2D eigenvalue weighted by atomic mass is 19.3. The summed E-state index contributed by atoms with van der Waals surface area (Å²) in [5, 5.41) is 9.17. The first-order valence-corrected chi connectivity index (χ1v) is 6.72. The summed E-state index contributed by atoms with van der Waals surface area (Å²) in [5.41, 5.74) is -0.0917. The Morgan fingerprint density at radius 1 is 1.35 bits per heavy atom. The molecular formula is C14H19F2NO3. The van der Waals surface area contributed by atoms with Crippen LogP contribution in [0.3, 0.4) is 0 Å². The molecule has 1 heterocycles. The fourth-order valence-corrected chi connectivity index (χ4v) is 2.45. The summed E-state index contributed by atoms with van der Waals surface area (Å²) in [6.07, 6.45) is 0.146. The molecule has 6 heteroatoms. The number of aromatic nitrogens is 1. The molecule has 1 aromatic heterocycles. The molecule has 112 valence electrons. The first kappa shape index (κ1) is 14.9. The Balaban J connectivity index is 2.28. The van der Waals surface area contributed by atoms with E-state index in [0.717, 1.165) is 0 Å². The van der Waals surface area contributed by atoms with Crippen LogP contribution in [0.5, 0.6) is 0 Å². The highest BCUT2D eigenvalue weighted by molar-refractivity contribution is 5.86. The Kier molecular flexibility index (Phi) is 3.60. The minimum atomic E-state index is -2.62. The van der Waals surface area contributed by atoms with E-state index in [1.54, 1.807) is 0 Å². The number of oxazole rings is 1. The van der Waals surface area contributed by atoms with E-state index in [2.05, 4.69) is 4.98 Å². The largest absolute Gasteiger partial charge is 0.475 e. The van der Waals surface area contributed by atoms with E-state index >= 15 is 0 Å². The van der Waals surface area contributed by atoms with Gasteiger partial charge >= 0.3 is 5.97 Å². The lowest BCUT2D eigenvalue weighted by Crippen LogP contribution is -2.23. The predicted octanol–water partition coefficient (Wildman–Crippen LogP) is 3.96. The van der Waals surface area contributed by atoms with E-state index < -0.39 is 17.3 Å². The summed E-state index contributed by atoms with van der Waals surface area (Å²) in [7, 11) is 0. The molecule has 0 radical (unpaired) electrons. The van der Waals surface area contributed by atoms with E-state index in [9.17, 15) is 18.7 Å². The van der Waals surface area contributed by atoms with Gasteiger partial charge in [0.2, 0.25) is 11.7 Å². The van der Waals surface area contributed by atoms with Crippen LogP contribution >= 0.6 is 0 Å². The number of carboxylic acids is 1. The smallest absolute Gasteiger partial charge is 0.373 e. The SMILES string of the molecule is CC(C)(C)c1nc(C2CCC(F)(F)CC2)oc1C(=O)O. The number of halogens is 2. The number of aromatic carboxylic acids is 1. The van der Waals surface area contributed by atoms with Crippen molar-refractivity contribution in [3.8, 4) is 0 Å². The van der Waals surface area contributed by atoms with Crippen LogP contribution in [0.25, 0.3) is 0 Å². The zero-order valence-electron chi connectivity index (χ0n) is 11.9. The van der Waals surface area contributed by atoms with Gasteiger partial charge in [0, 0.05) is 24.2 Å². The molecule has 1 fully saturated rings. The number of hydrogen-bond donors (Lipinski definition) is 1. The van der Waals surface area contributed by atoms with Gasteiger partial charge < -0.3 is 9.52 Å². The Morgan fingerprint density at radius 2 is 1.90 bits per heavy atom. The number of hydrogen-bond acceptors (Lipinski definition) is 3. The van der Waals surface area contributed by atoms with Crippen LogP contribution in [0, 0.1) is 0 Å². The number of rotatable bonds is 2. The third kappa shape index (κ3) is 2.99. The van der Waals surface area contributed by atoms with E-state index in [1.807, 2.05) is 20.8 Å². The average Bonchev–Trinajstić information content (AvgIpc) is 2.73. The van der Waals surface area contributed by atoms with Gasteiger partial charge in [-0.3, -0.25) is 0 Å². The van der Waals surface area contributed by atoms with Crippen LogP contribution < -0.4 is 0 Å². The van der Waals surface area contributed by atoms with Gasteiger partial charge in [0.25, 0.3) is 0 Å². The van der Waals surface area contributed by atoms with Gasteiger partial charge in [-0.15, -0.1) is 0 Å². The molecule has 1 aliphatic rings. The maximum Gasteiger partial charge on any atom is 0.373 e. The molecule has 0 spiro atoms. The molecule has 0 unspecified atom stereocenters. The second-order valence-corrected chi connectivity index (χ2v) is 6.42. The van der Waals surface area contributed by atoms with Gasteiger partial charge in [-0.1, -0.05) is 20.8 Å². The molecule has 1 aromatic rings. The van der Waals surface area contributed by atoms with Crippen LogP contribution in [0.1, 0.15) is 74.5 Å². The van der Waals surface area contributed by atoms with Crippen LogP contribution in [-0.2, 0) is 5.41 Å². The fourth-order valence-electron chi connectivity index (χ4n) is 2.45. The van der Waals surface area contributed by atoms with Gasteiger partial charge in [-0.25, -0.2) is 18.6 Å². The number of carboxylic acid groups (broad SMARTS) is 1. The Labute approximate surface area is 116 Å². The first-order chi connectivity index (χ1) is 9.10. The van der Waals surface area contributed by atoms with Crippen molar-refractivity contribution in [2.75, 3.05) is 0 Å². The molecule has 1 saturated carbocycles. The monoisotopic (exact) mass is 287 g/mol. The summed E-state index contributed by atoms with van der Waals surface area (Å²) in [4.78, 5) is 15.5. The van der Waals surface area contributed by atoms with E-state index in [1.165, 1.54) is 0 Å². The van der Waals surface area contributed by atoms with Crippen molar-refractivity contribution in [1.82, 2.24) is 4.98 Å². The second-order valence-electron chi connectivity index (χ2n) is 6.42. The van der Waals surface area contributed by atoms with Crippen molar-refractivity contribution in [2.24, 2.45) is 0 Å². The first-order valence-electron chi connectivity index (χ1n) is 6.72. The van der Waals surface area contributed by atoms with Crippen molar-refractivity contribution in [3.63, 3.8) is 0 Å². The van der Waals surface area contributed by atoms with Crippen molar-refractivity contribution in [2.45, 2.75) is 63.7 Å². The minimum Gasteiger partial charge on any atom is -0.475 e. The van der Waals surface area contributed by atoms with Crippen LogP contribution in [0.2, 0.25) is 0 Å². The maximum atomic E-state index is 13.2. The number of carbonyl (C=O) groups is 1. The second kappa shape index (κ2) is 4.82. The average molecular weight is 287 g/mol. The molecule has 1 N–H and O–H groups in total. The number of alkyl halides is 2. The molecular weight excluding hydrogens is 268 g/mol. The molecule has 1 aliphatic carbocycles. The zero-order chi connectivity index (χ0) is 15.1. The standard InChI is InChI=1S/C14H19F2NO3/c1-13(2,3)10-9(12(18)19)20-11(17-10)8-4-6-14(15,16)7-5-8/h8H,4-7H2,1-3H3,(H,18,19). The van der Waals surface area contributed by atoms with Crippen molar-refractivity contribution < 1.29 is 23.1 Å². The predicted molar refractivity (Wildman–Crippen MR) is 68.3 cm³/mol. The van der Waals surface area contributed by atoms with E-state index in [-0.39, 0.29) is 43.3 Å². The van der Waals surface area contributed by atoms with Crippen molar-refractivity contribution in [1.29, 1.82) is 0 Å². The normalized spacial score (nSPS) is 20.1. The summed E-state index contributed by atoms with van der Waals surface area (Å²) >= 11 is 0. The van der Waals surface area contributed by atoms with Crippen LogP contribution in [0.15, 0.2) is 4.42 Å². The lowest BCUT2D eigenvalue weighted by atomic mass is 9.86. The summed E-state index contributed by atoms with van der Waals surface area (Å²) in [5.74, 6) is -3.91. The highest BCUT2D eigenvalue weighted by Crippen LogP contribution is 2.41. The third-order valence-electron chi connectivity index (χ3n) is 3.61. The zero-order valence-corrected chi connectivity index (χ0v) is 11.9. The lowest BCUT2D eigenvalue weighted by molar-refractivity contribution is -0.0399. The molecule has 2 rings (SSSR count). The van der Waals surface area contributed by atoms with Gasteiger partial charge in [0.15, 0.2) is 5.89 Å².